The van der Waals surface area contributed by atoms with Gasteiger partial charge in [-0.1, -0.05) is 19.9 Å². The maximum absolute atomic E-state index is 11.6. The molecule has 0 spiro atoms. The number of rotatable bonds is 3. The zero-order chi connectivity index (χ0) is 13.3. The van der Waals surface area contributed by atoms with Crippen molar-refractivity contribution in [2.75, 3.05) is 0 Å². The zero-order valence-corrected chi connectivity index (χ0v) is 10.7. The molecule has 18 heavy (non-hydrogen) atoms. The molecule has 1 heterocycles. The molecule has 0 saturated heterocycles. The summed E-state index contributed by atoms with van der Waals surface area (Å²) in [5, 5.41) is 2.93. The summed E-state index contributed by atoms with van der Waals surface area (Å²) in [4.78, 5) is 28.2. The van der Waals surface area contributed by atoms with E-state index in [1.54, 1.807) is 0 Å². The topological polar surface area (TPSA) is 77.8 Å². The van der Waals surface area contributed by atoms with Gasteiger partial charge in [0.2, 0.25) is 5.91 Å². The number of carbonyl (C=O) groups excluding carboxylic acids is 1. The molecule has 0 fully saturated rings. The van der Waals surface area contributed by atoms with Crippen molar-refractivity contribution in [2.24, 2.45) is 5.92 Å². The lowest BCUT2D eigenvalue weighted by Crippen LogP contribution is -2.30. The van der Waals surface area contributed by atoms with Crippen LogP contribution in [0, 0.1) is 5.92 Å². The summed E-state index contributed by atoms with van der Waals surface area (Å²) in [7, 11) is 0. The number of benzene rings is 1. The van der Waals surface area contributed by atoms with Crippen molar-refractivity contribution in [3.05, 3.63) is 34.2 Å². The summed E-state index contributed by atoms with van der Waals surface area (Å²) in [5.41, 5.74) is 2.27. The van der Waals surface area contributed by atoms with Gasteiger partial charge in [0.1, 0.15) is 0 Å². The Hall–Kier alpha value is -2.04. The second kappa shape index (κ2) is 4.68. The van der Waals surface area contributed by atoms with Crippen molar-refractivity contribution >= 4 is 16.9 Å². The molecule has 5 heteroatoms. The average Bonchev–Trinajstić information content (AvgIpc) is 2.67. The highest BCUT2D eigenvalue weighted by molar-refractivity contribution is 5.79. The number of imidazole rings is 1. The van der Waals surface area contributed by atoms with Gasteiger partial charge in [0.25, 0.3) is 0 Å². The summed E-state index contributed by atoms with van der Waals surface area (Å²) >= 11 is 0. The Kier molecular flexibility index (Phi) is 3.23. The van der Waals surface area contributed by atoms with Gasteiger partial charge in [0.15, 0.2) is 0 Å². The van der Waals surface area contributed by atoms with Gasteiger partial charge in [-0.3, -0.25) is 4.79 Å². The fourth-order valence-electron chi connectivity index (χ4n) is 1.78. The number of fused-ring (bicyclic) bond motifs is 1. The largest absolute Gasteiger partial charge is 0.349 e. The minimum atomic E-state index is -0.221. The Bertz CT molecular complexity index is 624. The predicted octanol–water partition coefficient (Wildman–Crippen LogP) is 1.69. The van der Waals surface area contributed by atoms with Crippen LogP contribution in [0.1, 0.15) is 32.4 Å². The first-order valence-corrected chi connectivity index (χ1v) is 5.99. The summed E-state index contributed by atoms with van der Waals surface area (Å²) in [6.45, 7) is 5.63. The fourth-order valence-corrected chi connectivity index (χ4v) is 1.78. The van der Waals surface area contributed by atoms with E-state index in [0.29, 0.717) is 0 Å². The van der Waals surface area contributed by atoms with E-state index in [4.69, 9.17) is 0 Å². The number of aromatic amines is 2. The Morgan fingerprint density at radius 3 is 2.50 bits per heavy atom. The Morgan fingerprint density at radius 1 is 1.17 bits per heavy atom. The van der Waals surface area contributed by atoms with Crippen LogP contribution in [-0.4, -0.2) is 15.9 Å². The van der Waals surface area contributed by atoms with E-state index in [2.05, 4.69) is 15.3 Å². The van der Waals surface area contributed by atoms with Gasteiger partial charge in [-0.2, -0.15) is 0 Å². The molecule has 0 radical (unpaired) electrons. The van der Waals surface area contributed by atoms with Crippen LogP contribution in [0.15, 0.2) is 23.0 Å². The molecule has 0 aliphatic heterocycles. The Labute approximate surface area is 105 Å². The Morgan fingerprint density at radius 2 is 1.83 bits per heavy atom. The molecular formula is C13H17N3O2. The fraction of sp³-hybridized carbons (Fsp3) is 0.385. The van der Waals surface area contributed by atoms with Crippen molar-refractivity contribution in [1.29, 1.82) is 0 Å². The van der Waals surface area contributed by atoms with Crippen LogP contribution in [0.4, 0.5) is 0 Å². The molecule has 1 unspecified atom stereocenters. The average molecular weight is 247 g/mol. The summed E-state index contributed by atoms with van der Waals surface area (Å²) in [6.07, 6.45) is 0. The van der Waals surface area contributed by atoms with E-state index < -0.39 is 0 Å². The molecule has 96 valence electrons. The van der Waals surface area contributed by atoms with E-state index in [1.807, 2.05) is 39.0 Å². The molecule has 1 atom stereocenters. The number of carbonyl (C=O) groups is 1. The standard InChI is InChI=1S/C13H17N3O2/c1-7(2)12(17)14-8(3)9-4-5-10-11(6-9)16-13(18)15-10/h4-8H,1-3H3,(H,14,17)(H2,15,16,18). The van der Waals surface area contributed by atoms with Gasteiger partial charge < -0.3 is 15.3 Å². The molecule has 0 saturated carbocycles. The van der Waals surface area contributed by atoms with Gasteiger partial charge in [0, 0.05) is 5.92 Å². The molecule has 1 amide bonds. The third-order valence-corrected chi connectivity index (χ3v) is 2.92. The van der Waals surface area contributed by atoms with E-state index >= 15 is 0 Å². The quantitative estimate of drug-likeness (QED) is 0.771. The summed E-state index contributed by atoms with van der Waals surface area (Å²) in [5.74, 6) is -0.0200. The van der Waals surface area contributed by atoms with Crippen LogP contribution in [0.25, 0.3) is 11.0 Å². The second-order valence-electron chi connectivity index (χ2n) is 4.77. The smallest absolute Gasteiger partial charge is 0.323 e. The highest BCUT2D eigenvalue weighted by Crippen LogP contribution is 2.17. The highest BCUT2D eigenvalue weighted by atomic mass is 16.2. The summed E-state index contributed by atoms with van der Waals surface area (Å²) < 4.78 is 0. The van der Waals surface area contributed by atoms with Gasteiger partial charge in [-0.05, 0) is 24.6 Å². The highest BCUT2D eigenvalue weighted by Gasteiger charge is 2.13. The third kappa shape index (κ3) is 2.45. The van der Waals surface area contributed by atoms with Crippen LogP contribution in [-0.2, 0) is 4.79 Å². The van der Waals surface area contributed by atoms with Gasteiger partial charge in [-0.25, -0.2) is 4.79 Å². The van der Waals surface area contributed by atoms with Crippen LogP contribution < -0.4 is 11.0 Å². The van der Waals surface area contributed by atoms with Crippen LogP contribution in [0.3, 0.4) is 0 Å². The van der Waals surface area contributed by atoms with Crippen molar-refractivity contribution in [3.63, 3.8) is 0 Å². The minimum Gasteiger partial charge on any atom is -0.349 e. The maximum Gasteiger partial charge on any atom is 0.323 e. The minimum absolute atomic E-state index is 0.0187. The Balaban J connectivity index is 2.24. The molecular weight excluding hydrogens is 230 g/mol. The van der Waals surface area contributed by atoms with E-state index in [9.17, 15) is 9.59 Å². The SMILES string of the molecule is CC(C)C(=O)NC(C)c1ccc2[nH]c(=O)[nH]c2c1. The molecule has 3 N–H and O–H groups in total. The monoisotopic (exact) mass is 247 g/mol. The maximum atomic E-state index is 11.6. The first-order chi connectivity index (χ1) is 8.47. The number of hydrogen-bond acceptors (Lipinski definition) is 2. The van der Waals surface area contributed by atoms with Crippen molar-refractivity contribution in [1.82, 2.24) is 15.3 Å². The number of nitrogens with one attached hydrogen (secondary N) is 3. The molecule has 1 aromatic carbocycles. The molecule has 2 aromatic rings. The van der Waals surface area contributed by atoms with Crippen molar-refractivity contribution < 1.29 is 4.79 Å². The lowest BCUT2D eigenvalue weighted by molar-refractivity contribution is -0.124. The molecule has 2 rings (SSSR count). The zero-order valence-electron chi connectivity index (χ0n) is 10.7. The molecule has 0 bridgehead atoms. The molecule has 1 aromatic heterocycles. The van der Waals surface area contributed by atoms with Gasteiger partial charge >= 0.3 is 5.69 Å². The molecule has 5 nitrogen and oxygen atoms in total. The van der Waals surface area contributed by atoms with E-state index in [-0.39, 0.29) is 23.6 Å². The predicted molar refractivity (Wildman–Crippen MR) is 70.3 cm³/mol. The van der Waals surface area contributed by atoms with E-state index in [0.717, 1.165) is 16.6 Å². The van der Waals surface area contributed by atoms with Crippen molar-refractivity contribution in [3.8, 4) is 0 Å². The molecule has 0 aliphatic rings. The number of aromatic nitrogens is 2. The lowest BCUT2D eigenvalue weighted by Gasteiger charge is -2.16. The first kappa shape index (κ1) is 12.4. The number of H-pyrrole nitrogens is 2. The lowest BCUT2D eigenvalue weighted by atomic mass is 10.1. The van der Waals surface area contributed by atoms with Crippen LogP contribution in [0.5, 0.6) is 0 Å². The number of amides is 1. The third-order valence-electron chi connectivity index (χ3n) is 2.92. The van der Waals surface area contributed by atoms with Crippen molar-refractivity contribution in [2.45, 2.75) is 26.8 Å². The normalized spacial score (nSPS) is 12.9. The van der Waals surface area contributed by atoms with Crippen LogP contribution in [0.2, 0.25) is 0 Å². The molecule has 0 aliphatic carbocycles. The van der Waals surface area contributed by atoms with Crippen LogP contribution >= 0.6 is 0 Å². The van der Waals surface area contributed by atoms with E-state index in [1.165, 1.54) is 0 Å². The number of hydrogen-bond donors (Lipinski definition) is 3. The summed E-state index contributed by atoms with van der Waals surface area (Å²) in [6, 6.07) is 5.53. The second-order valence-corrected chi connectivity index (χ2v) is 4.77. The van der Waals surface area contributed by atoms with Gasteiger partial charge in [0.05, 0.1) is 17.1 Å². The van der Waals surface area contributed by atoms with Gasteiger partial charge in [-0.15, -0.1) is 0 Å². The first-order valence-electron chi connectivity index (χ1n) is 5.99.